The van der Waals surface area contributed by atoms with Crippen molar-refractivity contribution >= 4 is 28.6 Å². The van der Waals surface area contributed by atoms with Crippen LogP contribution in [0.5, 0.6) is 0 Å². The quantitative estimate of drug-likeness (QED) is 0.627. The van der Waals surface area contributed by atoms with E-state index in [0.717, 1.165) is 16.7 Å². The smallest absolute Gasteiger partial charge is 0.405 e. The Labute approximate surface area is 169 Å². The third kappa shape index (κ3) is 4.07. The average Bonchev–Trinajstić information content (AvgIpc) is 2.64. The van der Waals surface area contributed by atoms with Crippen molar-refractivity contribution in [1.29, 1.82) is 0 Å². The van der Waals surface area contributed by atoms with E-state index in [1.54, 1.807) is 19.1 Å². The van der Waals surface area contributed by atoms with Gasteiger partial charge in [0.1, 0.15) is 17.5 Å². The van der Waals surface area contributed by atoms with Gasteiger partial charge in [-0.05, 0) is 30.2 Å². The van der Waals surface area contributed by atoms with Crippen molar-refractivity contribution in [2.24, 2.45) is 5.92 Å². The van der Waals surface area contributed by atoms with Crippen molar-refractivity contribution in [3.8, 4) is 5.69 Å². The number of rotatable bonds is 5. The van der Waals surface area contributed by atoms with Crippen molar-refractivity contribution in [3.05, 3.63) is 69.2 Å². The highest BCUT2D eigenvalue weighted by molar-refractivity contribution is 6.35. The molecule has 2 unspecified atom stereocenters. The number of halogens is 3. The maximum Gasteiger partial charge on any atom is 0.405 e. The molecule has 0 aliphatic heterocycles. The molecule has 0 radical (unpaired) electrons. The molecule has 0 aliphatic carbocycles. The van der Waals surface area contributed by atoms with Crippen molar-refractivity contribution < 1.29 is 18.7 Å². The van der Waals surface area contributed by atoms with E-state index in [0.29, 0.717) is 12.5 Å². The molecule has 0 saturated heterocycles. The monoisotopic (exact) mass is 421 g/mol. The number of nitrogens with zero attached hydrogens (tertiary/aromatic N) is 2. The van der Waals surface area contributed by atoms with Crippen LogP contribution in [0, 0.1) is 17.6 Å². The number of hydrogen-bond donors (Lipinski definition) is 2. The minimum absolute atomic E-state index is 0.0199. The lowest BCUT2D eigenvalue weighted by atomic mass is 9.97. The maximum absolute atomic E-state index is 13.9. The summed E-state index contributed by atoms with van der Waals surface area (Å²) in [4.78, 5) is 29.2. The maximum atomic E-state index is 13.9. The van der Waals surface area contributed by atoms with Crippen LogP contribution < -0.4 is 10.9 Å². The van der Waals surface area contributed by atoms with Crippen molar-refractivity contribution in [1.82, 2.24) is 14.9 Å². The fourth-order valence-electron chi connectivity index (χ4n) is 3.16. The second-order valence-corrected chi connectivity index (χ2v) is 7.09. The molecule has 1 heterocycles. The number of benzene rings is 2. The third-order valence-electron chi connectivity index (χ3n) is 4.75. The number of aromatic nitrogens is 2. The van der Waals surface area contributed by atoms with Gasteiger partial charge in [-0.1, -0.05) is 37.9 Å². The molecule has 9 heteroatoms. The summed E-state index contributed by atoms with van der Waals surface area (Å²) in [5, 5.41) is 11.9. The topological polar surface area (TPSA) is 84.2 Å². The van der Waals surface area contributed by atoms with Crippen LogP contribution >= 0.6 is 11.6 Å². The molecule has 2 N–H and O–H groups in total. The summed E-state index contributed by atoms with van der Waals surface area (Å²) in [6, 6.07) is 6.41. The molecule has 2 atom stereocenters. The molecule has 0 spiro atoms. The van der Waals surface area contributed by atoms with Crippen LogP contribution in [0.2, 0.25) is 5.02 Å². The van der Waals surface area contributed by atoms with Gasteiger partial charge in [0, 0.05) is 6.07 Å². The van der Waals surface area contributed by atoms with Gasteiger partial charge >= 0.3 is 6.09 Å². The molecular weight excluding hydrogens is 404 g/mol. The minimum atomic E-state index is -1.31. The number of fused-ring (bicyclic) bond motifs is 1. The first-order valence-corrected chi connectivity index (χ1v) is 9.27. The number of carboxylic acid groups (broad SMARTS) is 1. The van der Waals surface area contributed by atoms with Crippen LogP contribution in [0.15, 0.2) is 41.2 Å². The lowest BCUT2D eigenvalue weighted by Gasteiger charge is -2.26. The Morgan fingerprint density at radius 1 is 1.28 bits per heavy atom. The van der Waals surface area contributed by atoms with E-state index in [1.807, 2.05) is 6.92 Å². The largest absolute Gasteiger partial charge is 0.465 e. The van der Waals surface area contributed by atoms with Gasteiger partial charge in [-0.2, -0.15) is 0 Å². The predicted octanol–water partition coefficient (Wildman–Crippen LogP) is 4.67. The molecule has 6 nitrogen and oxygen atoms in total. The van der Waals surface area contributed by atoms with E-state index in [4.69, 9.17) is 11.6 Å². The molecule has 0 saturated carbocycles. The van der Waals surface area contributed by atoms with E-state index < -0.39 is 29.3 Å². The summed E-state index contributed by atoms with van der Waals surface area (Å²) in [6.45, 7) is 3.63. The van der Waals surface area contributed by atoms with Crippen LogP contribution in [0.4, 0.5) is 13.6 Å². The summed E-state index contributed by atoms with van der Waals surface area (Å²) in [6.07, 6.45) is -0.751. The first-order chi connectivity index (χ1) is 13.7. The Bertz CT molecular complexity index is 1130. The number of nitrogens with one attached hydrogen (secondary N) is 1. The van der Waals surface area contributed by atoms with E-state index >= 15 is 0 Å². The molecule has 1 aromatic heterocycles. The molecule has 2 aromatic carbocycles. The zero-order valence-electron chi connectivity index (χ0n) is 15.6. The van der Waals surface area contributed by atoms with Crippen LogP contribution in [0.3, 0.4) is 0 Å². The van der Waals surface area contributed by atoms with Crippen molar-refractivity contribution in [2.45, 2.75) is 26.3 Å². The van der Waals surface area contributed by atoms with Gasteiger partial charge in [0.25, 0.3) is 5.56 Å². The normalized spacial score (nSPS) is 13.3. The summed E-state index contributed by atoms with van der Waals surface area (Å²) in [7, 11) is 0. The Kier molecular flexibility index (Phi) is 5.83. The molecule has 0 aliphatic rings. The highest BCUT2D eigenvalue weighted by atomic mass is 35.5. The Morgan fingerprint density at radius 2 is 1.93 bits per heavy atom. The second-order valence-electron chi connectivity index (χ2n) is 6.68. The summed E-state index contributed by atoms with van der Waals surface area (Å²) < 4.78 is 28.8. The lowest BCUT2D eigenvalue weighted by Crippen LogP contribution is -2.37. The van der Waals surface area contributed by atoms with E-state index in [-0.39, 0.29) is 33.4 Å². The summed E-state index contributed by atoms with van der Waals surface area (Å²) >= 11 is 6.18. The first kappa shape index (κ1) is 20.7. The predicted molar refractivity (Wildman–Crippen MR) is 106 cm³/mol. The first-order valence-electron chi connectivity index (χ1n) is 8.90. The van der Waals surface area contributed by atoms with Gasteiger partial charge < -0.3 is 10.4 Å². The summed E-state index contributed by atoms with van der Waals surface area (Å²) in [5.41, 5.74) is -0.510. The molecule has 3 rings (SSSR count). The third-order valence-corrected chi connectivity index (χ3v) is 5.06. The minimum Gasteiger partial charge on any atom is -0.465 e. The molecule has 152 valence electrons. The highest BCUT2D eigenvalue weighted by Crippen LogP contribution is 2.28. The Balaban J connectivity index is 2.44. The SMILES string of the molecule is CCC(C)C(NC(=O)O)c1nc2cccc(Cl)c2c(=O)n1-c1cc(F)cc(F)c1. The molecule has 29 heavy (non-hydrogen) atoms. The van der Waals surface area contributed by atoms with Gasteiger partial charge in [-0.25, -0.2) is 18.6 Å². The second kappa shape index (κ2) is 8.16. The van der Waals surface area contributed by atoms with E-state index in [1.165, 1.54) is 6.07 Å². The van der Waals surface area contributed by atoms with Crippen molar-refractivity contribution in [3.63, 3.8) is 0 Å². The molecule has 0 bridgehead atoms. The zero-order valence-corrected chi connectivity index (χ0v) is 16.4. The molecular formula is C20H18ClF2N3O3. The fraction of sp³-hybridized carbons (Fsp3) is 0.250. The Morgan fingerprint density at radius 3 is 2.52 bits per heavy atom. The standard InChI is InChI=1S/C20H18ClF2N3O3/c1-3-10(2)17(25-20(28)29)18-24-15-6-4-5-14(21)16(15)19(27)26(18)13-8-11(22)7-12(23)9-13/h4-10,17,25H,3H2,1-2H3,(H,28,29). The Hall–Kier alpha value is -3.00. The van der Waals surface area contributed by atoms with E-state index in [9.17, 15) is 23.5 Å². The lowest BCUT2D eigenvalue weighted by molar-refractivity contribution is 0.183. The molecule has 3 aromatic rings. The van der Waals surface area contributed by atoms with Crippen LogP contribution in [-0.4, -0.2) is 20.8 Å². The van der Waals surface area contributed by atoms with Gasteiger partial charge in [-0.15, -0.1) is 0 Å². The average molecular weight is 422 g/mol. The fourth-order valence-corrected chi connectivity index (χ4v) is 3.41. The number of amides is 1. The zero-order chi connectivity index (χ0) is 21.3. The number of hydrogen-bond acceptors (Lipinski definition) is 3. The van der Waals surface area contributed by atoms with Crippen LogP contribution in [0.25, 0.3) is 16.6 Å². The summed E-state index contributed by atoms with van der Waals surface area (Å²) in [5.74, 6) is -2.02. The van der Waals surface area contributed by atoms with Gasteiger partial charge in [0.05, 0.1) is 27.7 Å². The number of carbonyl (C=O) groups is 1. The van der Waals surface area contributed by atoms with E-state index in [2.05, 4.69) is 10.3 Å². The van der Waals surface area contributed by atoms with Gasteiger partial charge in [0.2, 0.25) is 0 Å². The highest BCUT2D eigenvalue weighted by Gasteiger charge is 2.27. The van der Waals surface area contributed by atoms with Gasteiger partial charge in [0.15, 0.2) is 0 Å². The molecule has 1 amide bonds. The molecule has 0 fully saturated rings. The van der Waals surface area contributed by atoms with Crippen LogP contribution in [-0.2, 0) is 0 Å². The van der Waals surface area contributed by atoms with Crippen LogP contribution in [0.1, 0.15) is 32.1 Å². The van der Waals surface area contributed by atoms with Crippen molar-refractivity contribution in [2.75, 3.05) is 0 Å². The van der Waals surface area contributed by atoms with Gasteiger partial charge in [-0.3, -0.25) is 9.36 Å².